The van der Waals surface area contributed by atoms with Crippen LogP contribution in [-0.4, -0.2) is 37.2 Å². The molecule has 0 aromatic heterocycles. The molecule has 6 heteroatoms. The Morgan fingerprint density at radius 3 is 0.792 bits per heavy atom. The van der Waals surface area contributed by atoms with Gasteiger partial charge >= 0.3 is 17.9 Å². The fourth-order valence-electron chi connectivity index (χ4n) is 9.48. The number of ether oxygens (including phenoxy) is 3. The molecule has 0 amide bonds. The summed E-state index contributed by atoms with van der Waals surface area (Å²) < 4.78 is 16.9. The fourth-order valence-corrected chi connectivity index (χ4v) is 9.48. The van der Waals surface area contributed by atoms with Gasteiger partial charge < -0.3 is 14.2 Å². The van der Waals surface area contributed by atoms with Crippen molar-refractivity contribution in [3.8, 4) is 0 Å². The SMILES string of the molecule is CC/C=C\C/C=C\C/C=C\C/C=C\C/C=C\C/C=C\C/C=C\CCCCCCCCCC(=O)OCC(COC(=O)CCCCCCCCCCCCCCC)OC(=O)CCCCCCCCCCCCCCCCCCC. The van der Waals surface area contributed by atoms with Crippen LogP contribution in [0.4, 0.5) is 0 Å². The van der Waals surface area contributed by atoms with Gasteiger partial charge in [0, 0.05) is 19.3 Å². The Morgan fingerprint density at radius 2 is 0.506 bits per heavy atom. The summed E-state index contributed by atoms with van der Waals surface area (Å²) in [5.41, 5.74) is 0. The minimum absolute atomic E-state index is 0.0748. The summed E-state index contributed by atoms with van der Waals surface area (Å²) >= 11 is 0. The van der Waals surface area contributed by atoms with E-state index in [-0.39, 0.29) is 31.1 Å². The zero-order valence-electron chi connectivity index (χ0n) is 51.0. The lowest BCUT2D eigenvalue weighted by Crippen LogP contribution is -2.30. The molecule has 77 heavy (non-hydrogen) atoms. The van der Waals surface area contributed by atoms with Crippen LogP contribution in [-0.2, 0) is 28.6 Å². The monoisotopic (exact) mass is 1070 g/mol. The number of unbranched alkanes of at least 4 members (excludes halogenated alkanes) is 35. The molecular formula is C71H124O6. The maximum Gasteiger partial charge on any atom is 0.306 e. The fraction of sp³-hybridized carbons (Fsp3) is 0.761. The molecule has 0 spiro atoms. The lowest BCUT2D eigenvalue weighted by Gasteiger charge is -2.18. The highest BCUT2D eigenvalue weighted by molar-refractivity contribution is 5.71. The van der Waals surface area contributed by atoms with Gasteiger partial charge in [-0.1, -0.05) is 318 Å². The van der Waals surface area contributed by atoms with E-state index in [1.54, 1.807) is 0 Å². The number of carbonyl (C=O) groups is 3. The van der Waals surface area contributed by atoms with Crippen LogP contribution in [0.5, 0.6) is 0 Å². The van der Waals surface area contributed by atoms with E-state index in [1.807, 2.05) is 0 Å². The van der Waals surface area contributed by atoms with E-state index in [0.717, 1.165) is 109 Å². The molecule has 444 valence electrons. The minimum Gasteiger partial charge on any atom is -0.462 e. The van der Waals surface area contributed by atoms with Crippen LogP contribution in [0.2, 0.25) is 0 Å². The van der Waals surface area contributed by atoms with E-state index in [0.29, 0.717) is 19.3 Å². The number of allylic oxidation sites excluding steroid dienone is 14. The topological polar surface area (TPSA) is 78.9 Å². The van der Waals surface area contributed by atoms with Gasteiger partial charge in [-0.05, 0) is 77.0 Å². The second-order valence-corrected chi connectivity index (χ2v) is 22.0. The summed E-state index contributed by atoms with van der Waals surface area (Å²) in [7, 11) is 0. The molecule has 1 unspecified atom stereocenters. The van der Waals surface area contributed by atoms with Gasteiger partial charge in [0.25, 0.3) is 0 Å². The molecule has 0 saturated heterocycles. The first-order chi connectivity index (χ1) is 38.0. The highest BCUT2D eigenvalue weighted by Crippen LogP contribution is 2.17. The van der Waals surface area contributed by atoms with E-state index >= 15 is 0 Å². The first-order valence-corrected chi connectivity index (χ1v) is 33.1. The average molecular weight is 1070 g/mol. The van der Waals surface area contributed by atoms with Gasteiger partial charge in [0.15, 0.2) is 6.10 Å². The molecule has 0 aliphatic rings. The van der Waals surface area contributed by atoms with Crippen molar-refractivity contribution in [3.05, 3.63) is 85.1 Å². The Hall–Kier alpha value is -3.41. The Kier molecular flexibility index (Phi) is 62.2. The molecular weight excluding hydrogens is 949 g/mol. The van der Waals surface area contributed by atoms with Crippen molar-refractivity contribution in [3.63, 3.8) is 0 Å². The maximum absolute atomic E-state index is 12.9. The minimum atomic E-state index is -0.778. The Labute approximate surface area is 477 Å². The molecule has 0 aliphatic heterocycles. The van der Waals surface area contributed by atoms with Crippen molar-refractivity contribution in [1.29, 1.82) is 0 Å². The predicted octanol–water partition coefficient (Wildman–Crippen LogP) is 22.7. The molecule has 0 aromatic rings. The van der Waals surface area contributed by atoms with E-state index in [4.69, 9.17) is 14.2 Å². The zero-order valence-corrected chi connectivity index (χ0v) is 51.0. The van der Waals surface area contributed by atoms with E-state index in [1.165, 1.54) is 180 Å². The summed E-state index contributed by atoms with van der Waals surface area (Å²) in [4.78, 5) is 38.3. The largest absolute Gasteiger partial charge is 0.462 e. The van der Waals surface area contributed by atoms with Gasteiger partial charge in [-0.2, -0.15) is 0 Å². The van der Waals surface area contributed by atoms with Crippen molar-refractivity contribution in [2.75, 3.05) is 13.2 Å². The third-order valence-corrected chi connectivity index (χ3v) is 14.4. The second-order valence-electron chi connectivity index (χ2n) is 22.0. The number of carbonyl (C=O) groups excluding carboxylic acids is 3. The lowest BCUT2D eigenvalue weighted by molar-refractivity contribution is -0.167. The molecule has 0 rings (SSSR count). The van der Waals surface area contributed by atoms with E-state index in [9.17, 15) is 14.4 Å². The van der Waals surface area contributed by atoms with E-state index in [2.05, 4.69) is 106 Å². The summed E-state index contributed by atoms with van der Waals surface area (Å²) in [6, 6.07) is 0. The molecule has 0 saturated carbocycles. The lowest BCUT2D eigenvalue weighted by atomic mass is 10.0. The van der Waals surface area contributed by atoms with Crippen LogP contribution in [0.15, 0.2) is 85.1 Å². The molecule has 0 radical (unpaired) electrons. The summed E-state index contributed by atoms with van der Waals surface area (Å²) in [5, 5.41) is 0. The molecule has 0 fully saturated rings. The van der Waals surface area contributed by atoms with Crippen LogP contribution in [0, 0.1) is 0 Å². The van der Waals surface area contributed by atoms with Gasteiger partial charge in [0.05, 0.1) is 0 Å². The van der Waals surface area contributed by atoms with Gasteiger partial charge in [0.2, 0.25) is 0 Å². The average Bonchev–Trinajstić information content (AvgIpc) is 3.43. The molecule has 0 N–H and O–H groups in total. The van der Waals surface area contributed by atoms with Crippen molar-refractivity contribution in [2.24, 2.45) is 0 Å². The number of rotatable bonds is 60. The Balaban J connectivity index is 4.30. The van der Waals surface area contributed by atoms with Gasteiger partial charge in [-0.15, -0.1) is 0 Å². The Morgan fingerprint density at radius 1 is 0.273 bits per heavy atom. The third-order valence-electron chi connectivity index (χ3n) is 14.4. The van der Waals surface area contributed by atoms with Crippen LogP contribution in [0.3, 0.4) is 0 Å². The van der Waals surface area contributed by atoms with Gasteiger partial charge in [-0.25, -0.2) is 0 Å². The second kappa shape index (κ2) is 65.1. The standard InChI is InChI=1S/C71H124O6/c1-4-7-10-13-16-19-22-25-27-29-30-31-32-33-34-35-36-37-38-39-40-42-43-46-49-52-55-58-61-64-70(73)76-67-68(66-75-69(72)63-60-57-54-51-48-45-24-21-18-15-12-9-6-3)77-71(74)65-62-59-56-53-50-47-44-41-28-26-23-20-17-14-11-8-5-2/h7,10,16,19,25,27,30-31,33-34,36-37,39-40,68H,4-6,8-9,11-15,17-18,20-24,26,28-29,32,35,38,41-67H2,1-3H3/b10-7-,19-16-,27-25-,31-30-,34-33-,37-36-,40-39-. The van der Waals surface area contributed by atoms with Crippen LogP contribution < -0.4 is 0 Å². The smallest absolute Gasteiger partial charge is 0.306 e. The Bertz CT molecular complexity index is 1470. The highest BCUT2D eigenvalue weighted by Gasteiger charge is 2.19. The summed E-state index contributed by atoms with van der Waals surface area (Å²) in [6.45, 7) is 6.56. The van der Waals surface area contributed by atoms with Crippen molar-refractivity contribution in [2.45, 2.75) is 335 Å². The first-order valence-electron chi connectivity index (χ1n) is 33.1. The third kappa shape index (κ3) is 63.3. The quantitative estimate of drug-likeness (QED) is 0.0261. The number of esters is 3. The van der Waals surface area contributed by atoms with Crippen molar-refractivity contribution in [1.82, 2.24) is 0 Å². The summed E-state index contributed by atoms with van der Waals surface area (Å²) in [6.07, 6.45) is 85.9. The van der Waals surface area contributed by atoms with Gasteiger partial charge in [-0.3, -0.25) is 14.4 Å². The highest BCUT2D eigenvalue weighted by atomic mass is 16.6. The zero-order chi connectivity index (χ0) is 55.7. The molecule has 1 atom stereocenters. The first kappa shape index (κ1) is 73.6. The van der Waals surface area contributed by atoms with Gasteiger partial charge in [0.1, 0.15) is 13.2 Å². The number of hydrogen-bond acceptors (Lipinski definition) is 6. The molecule has 0 aromatic carbocycles. The van der Waals surface area contributed by atoms with E-state index < -0.39 is 6.10 Å². The number of hydrogen-bond donors (Lipinski definition) is 0. The normalized spacial score (nSPS) is 12.6. The maximum atomic E-state index is 12.9. The molecule has 0 heterocycles. The molecule has 0 bridgehead atoms. The van der Waals surface area contributed by atoms with Crippen molar-refractivity contribution >= 4 is 17.9 Å². The molecule has 0 aliphatic carbocycles. The van der Waals surface area contributed by atoms with Crippen LogP contribution in [0.1, 0.15) is 329 Å². The molecule has 6 nitrogen and oxygen atoms in total. The van der Waals surface area contributed by atoms with Crippen molar-refractivity contribution < 1.29 is 28.6 Å². The predicted molar refractivity (Wildman–Crippen MR) is 334 cm³/mol. The summed E-state index contributed by atoms with van der Waals surface area (Å²) in [5.74, 6) is -0.869. The van der Waals surface area contributed by atoms with Crippen LogP contribution in [0.25, 0.3) is 0 Å². The van der Waals surface area contributed by atoms with Crippen LogP contribution >= 0.6 is 0 Å².